The Hall–Kier alpha value is -2.45. The van der Waals surface area contributed by atoms with Crippen molar-refractivity contribution in [2.24, 2.45) is 0 Å². The number of nitrogens with zero attached hydrogens (tertiary/aromatic N) is 2. The second-order valence-corrected chi connectivity index (χ2v) is 17.7. The molecule has 0 fully saturated rings. The summed E-state index contributed by atoms with van der Waals surface area (Å²) in [7, 11) is 7.71. The van der Waals surface area contributed by atoms with E-state index in [1.165, 1.54) is 52.4 Å². The molecule has 0 aliphatic carbocycles. The first-order chi connectivity index (χ1) is 28.1. The van der Waals surface area contributed by atoms with Gasteiger partial charge in [-0.3, -0.25) is 19.2 Å². The van der Waals surface area contributed by atoms with Gasteiger partial charge < -0.3 is 63.7 Å². The molecule has 0 saturated carbocycles. The highest BCUT2D eigenvalue weighted by Crippen LogP contribution is 2.16. The van der Waals surface area contributed by atoms with Crippen molar-refractivity contribution in [2.75, 3.05) is 80.7 Å². The Balaban J connectivity index is -0.0000168. The van der Waals surface area contributed by atoms with Crippen LogP contribution in [0.4, 0.5) is 0 Å². The number of allylic oxidation sites excluding steroid dienone is 1. The smallest absolute Gasteiger partial charge is 0.362 e. The molecule has 3 N–H and O–H groups in total. The fourth-order valence-electron chi connectivity index (χ4n) is 6.75. The zero-order valence-corrected chi connectivity index (χ0v) is 40.9. The van der Waals surface area contributed by atoms with Crippen molar-refractivity contribution >= 4 is 29.7 Å². The van der Waals surface area contributed by atoms with Crippen LogP contribution in [0.1, 0.15) is 162 Å². The summed E-state index contributed by atoms with van der Waals surface area (Å²) >= 11 is 0. The number of carbonyl (C=O) groups excluding carboxylic acids is 5. The molecule has 360 valence electrons. The molecule has 0 radical (unpaired) electrons. The number of aliphatic hydroxyl groups is 1. The highest BCUT2D eigenvalue weighted by atomic mass is 35.5. The van der Waals surface area contributed by atoms with E-state index in [1.807, 2.05) is 34.3 Å². The average molecular weight is 912 g/mol. The third-order valence-corrected chi connectivity index (χ3v) is 10.5. The van der Waals surface area contributed by atoms with Gasteiger partial charge in [-0.15, -0.1) is 0 Å². The van der Waals surface area contributed by atoms with Crippen molar-refractivity contribution in [1.82, 2.24) is 10.6 Å². The maximum Gasteiger partial charge on any atom is 0.362 e. The minimum Gasteiger partial charge on any atom is -1.00 e. The minimum absolute atomic E-state index is 0. The Morgan fingerprint density at radius 3 is 1.56 bits per heavy atom. The molecule has 0 rings (SSSR count). The Morgan fingerprint density at radius 2 is 1.05 bits per heavy atom. The molecular formula is C46H88Cl2N4O9. The maximum absolute atomic E-state index is 12.7. The van der Waals surface area contributed by atoms with E-state index in [2.05, 4.69) is 23.6 Å². The second kappa shape index (κ2) is 40.3. The predicted octanol–water partition coefficient (Wildman–Crippen LogP) is 0.937. The lowest BCUT2D eigenvalue weighted by atomic mass is 10.0. The lowest BCUT2D eigenvalue weighted by Gasteiger charge is -2.30. The lowest BCUT2D eigenvalue weighted by molar-refractivity contribution is -0.883. The van der Waals surface area contributed by atoms with E-state index < -0.39 is 12.2 Å². The largest absolute Gasteiger partial charge is 1.00 e. The van der Waals surface area contributed by atoms with Gasteiger partial charge in [0, 0.05) is 33.4 Å². The molecule has 61 heavy (non-hydrogen) atoms. The van der Waals surface area contributed by atoms with Gasteiger partial charge in [-0.25, -0.2) is 4.79 Å². The van der Waals surface area contributed by atoms with Gasteiger partial charge in [-0.1, -0.05) is 103 Å². The fraction of sp³-hybridized carbons (Fsp3) is 0.848. The predicted molar refractivity (Wildman–Crippen MR) is 235 cm³/mol. The molecule has 0 saturated heterocycles. The number of hydrogen-bond acceptors (Lipinski definition) is 9. The fourth-order valence-corrected chi connectivity index (χ4v) is 6.75. The summed E-state index contributed by atoms with van der Waals surface area (Å²) in [6, 6.07) is 0. The standard InChI is InChI=1S/C46H86N4O9.2ClH/c1-8-9-24-30-43(59-46(56)39-50(6,7)35-37-58-41(3)52)42(53)29-25-20-16-12-13-17-21-26-31-44(54)47-32-27-22-18-14-10-11-15-19-23-28-33-48-45(55)38-49(4,5)34-36-57-40(2)51;;/h20,25,42-43,53H,8-19,21-24,26-39H2,1-7H3;2*1H/b25-20+;;. The normalized spacial score (nSPS) is 12.5. The van der Waals surface area contributed by atoms with E-state index in [4.69, 9.17) is 14.2 Å². The number of halogens is 2. The summed E-state index contributed by atoms with van der Waals surface area (Å²) < 4.78 is 16.6. The lowest BCUT2D eigenvalue weighted by Crippen LogP contribution is -3.00. The van der Waals surface area contributed by atoms with Gasteiger partial charge in [0.05, 0.1) is 34.3 Å². The number of nitrogens with one attached hydrogen (secondary N) is 2. The van der Waals surface area contributed by atoms with Crippen LogP contribution in [-0.4, -0.2) is 137 Å². The zero-order chi connectivity index (χ0) is 44.2. The molecular weight excluding hydrogens is 823 g/mol. The van der Waals surface area contributed by atoms with E-state index in [0.29, 0.717) is 61.0 Å². The molecule has 0 aromatic rings. The first-order valence-electron chi connectivity index (χ1n) is 23.0. The van der Waals surface area contributed by atoms with Crippen molar-refractivity contribution in [3.05, 3.63) is 12.2 Å². The summed E-state index contributed by atoms with van der Waals surface area (Å²) in [5.74, 6) is -0.795. The van der Waals surface area contributed by atoms with Crippen LogP contribution >= 0.6 is 0 Å². The number of aliphatic hydroxyl groups excluding tert-OH is 1. The number of quaternary nitrogens is 2. The number of amides is 2. The monoisotopic (exact) mass is 911 g/mol. The van der Waals surface area contributed by atoms with Gasteiger partial charge in [-0.2, -0.15) is 0 Å². The molecule has 0 bridgehead atoms. The SMILES string of the molecule is CCCCCC(OC(=O)C[N+](C)(C)CCOC(C)=O)C(O)C/C=C/CCCCCCCC(=O)NCCCCCCCCCCCCNC(=O)C[N+](C)(C)CCOC(C)=O.[Cl-].[Cl-]. The van der Waals surface area contributed by atoms with E-state index in [0.717, 1.165) is 90.0 Å². The average Bonchev–Trinajstić information content (AvgIpc) is 3.14. The number of hydrogen-bond donors (Lipinski definition) is 3. The van der Waals surface area contributed by atoms with Crippen LogP contribution in [0, 0.1) is 0 Å². The third-order valence-electron chi connectivity index (χ3n) is 10.5. The molecule has 2 atom stereocenters. The quantitative estimate of drug-likeness (QED) is 0.0269. The summed E-state index contributed by atoms with van der Waals surface area (Å²) in [6.45, 7) is 8.53. The van der Waals surface area contributed by atoms with Crippen molar-refractivity contribution in [2.45, 2.75) is 174 Å². The number of ether oxygens (including phenoxy) is 3. The van der Waals surface area contributed by atoms with Crippen LogP contribution < -0.4 is 35.4 Å². The molecule has 0 heterocycles. The Bertz CT molecular complexity index is 1170. The van der Waals surface area contributed by atoms with Gasteiger partial charge in [0.15, 0.2) is 13.1 Å². The molecule has 13 nitrogen and oxygen atoms in total. The van der Waals surface area contributed by atoms with Crippen molar-refractivity contribution in [3.8, 4) is 0 Å². The van der Waals surface area contributed by atoms with Crippen molar-refractivity contribution < 1.29 is 77.1 Å². The molecule has 0 aliphatic rings. The molecule has 0 aromatic heterocycles. The van der Waals surface area contributed by atoms with Crippen molar-refractivity contribution in [3.63, 3.8) is 0 Å². The van der Waals surface area contributed by atoms with Gasteiger partial charge in [0.1, 0.15) is 32.4 Å². The van der Waals surface area contributed by atoms with Crippen LogP contribution in [0.3, 0.4) is 0 Å². The Labute approximate surface area is 383 Å². The number of esters is 3. The molecule has 2 unspecified atom stereocenters. The van der Waals surface area contributed by atoms with Crippen molar-refractivity contribution in [1.29, 1.82) is 0 Å². The topological polar surface area (TPSA) is 157 Å². The Kier molecular flexibility index (Phi) is 41.6. The van der Waals surface area contributed by atoms with Gasteiger partial charge >= 0.3 is 17.9 Å². The van der Waals surface area contributed by atoms with Gasteiger partial charge in [-0.05, 0) is 51.4 Å². The summed E-state index contributed by atoms with van der Waals surface area (Å²) in [5.41, 5.74) is 0. The summed E-state index contributed by atoms with van der Waals surface area (Å²) in [5, 5.41) is 17.0. The van der Waals surface area contributed by atoms with E-state index in [1.54, 1.807) is 0 Å². The zero-order valence-electron chi connectivity index (χ0n) is 39.4. The van der Waals surface area contributed by atoms with Crippen LogP contribution in [0.2, 0.25) is 0 Å². The molecule has 2 amide bonds. The first kappa shape index (κ1) is 62.8. The van der Waals surface area contributed by atoms with Crippen LogP contribution in [0.5, 0.6) is 0 Å². The van der Waals surface area contributed by atoms with Crippen LogP contribution in [0.25, 0.3) is 0 Å². The minimum atomic E-state index is -0.750. The first-order valence-corrected chi connectivity index (χ1v) is 23.0. The van der Waals surface area contributed by atoms with Gasteiger partial charge in [0.25, 0.3) is 5.91 Å². The molecule has 15 heteroatoms. The number of unbranched alkanes of at least 4 members (excludes halogenated alkanes) is 16. The Morgan fingerprint density at radius 1 is 0.590 bits per heavy atom. The van der Waals surface area contributed by atoms with Crippen LogP contribution in [0.15, 0.2) is 12.2 Å². The summed E-state index contributed by atoms with van der Waals surface area (Å²) in [6.07, 6.45) is 25.3. The summed E-state index contributed by atoms with van der Waals surface area (Å²) in [4.78, 5) is 59.2. The number of likely N-dealkylation sites (N-methyl/N-ethyl adjacent to an activating group) is 2. The molecule has 0 aliphatic heterocycles. The van der Waals surface area contributed by atoms with Gasteiger partial charge in [0.2, 0.25) is 5.91 Å². The second-order valence-electron chi connectivity index (χ2n) is 17.7. The third kappa shape index (κ3) is 42.6. The molecule has 0 spiro atoms. The highest BCUT2D eigenvalue weighted by molar-refractivity contribution is 5.77. The van der Waals surface area contributed by atoms with E-state index in [-0.39, 0.29) is 67.7 Å². The van der Waals surface area contributed by atoms with Crippen LogP contribution in [-0.2, 0) is 38.2 Å². The number of carbonyl (C=O) groups is 5. The molecule has 0 aromatic carbocycles. The maximum atomic E-state index is 12.7. The van der Waals surface area contributed by atoms with E-state index >= 15 is 0 Å². The number of rotatable bonds is 39. The highest BCUT2D eigenvalue weighted by Gasteiger charge is 2.27. The van der Waals surface area contributed by atoms with E-state index in [9.17, 15) is 29.1 Å².